The number of carboxylic acid groups (broad SMARTS) is 2. The monoisotopic (exact) mass is 1000 g/mol. The Morgan fingerprint density at radius 1 is 0.725 bits per heavy atom. The third-order valence-corrected chi connectivity index (χ3v) is 8.78. The lowest BCUT2D eigenvalue weighted by molar-refractivity contribution is -0.127. The van der Waals surface area contributed by atoms with E-state index < -0.39 is 30.0 Å². The number of anilines is 1. The normalized spacial score (nSPS) is 10.6. The van der Waals surface area contributed by atoms with E-state index in [-0.39, 0.29) is 91.7 Å². The van der Waals surface area contributed by atoms with Crippen LogP contribution in [0.4, 0.5) is 5.69 Å². The number of allylic oxidation sites excluding steroid dienone is 2. The molecule has 394 valence electrons. The molecule has 0 saturated heterocycles. The van der Waals surface area contributed by atoms with E-state index in [1.807, 2.05) is 39.8 Å². The number of methoxy groups -OCH3 is 1. The first kappa shape index (κ1) is 66.8. The predicted octanol–water partition coefficient (Wildman–Crippen LogP) is 10.8. The van der Waals surface area contributed by atoms with Crippen LogP contribution in [0.5, 0.6) is 17.2 Å². The number of phenolic OH excluding ortho intramolecular Hbond substituents is 1. The van der Waals surface area contributed by atoms with Crippen LogP contribution in [0.1, 0.15) is 158 Å². The van der Waals surface area contributed by atoms with E-state index in [4.69, 9.17) is 44.3 Å². The van der Waals surface area contributed by atoms with Crippen LogP contribution in [-0.2, 0) is 36.8 Å². The van der Waals surface area contributed by atoms with Crippen molar-refractivity contribution in [3.8, 4) is 17.2 Å². The average Bonchev–Trinajstić information content (AvgIpc) is 3.34. The van der Waals surface area contributed by atoms with Crippen molar-refractivity contribution in [3.63, 3.8) is 0 Å². The SMILES string of the molecule is C.C.C=CCC.C=CCC.CCC(=O)Cl.CCC(=O)NC(CC(C)C)C(=O)Cc1ccc(O)c(C(=O)O)c1.COC(=O)c1cc(CC(=O)C(N)CC(C)C)ccc1O.Nc1ccc(O)c(C(=O)O)c1.[2HH].[2H][2H].[3H][3H]. The van der Waals surface area contributed by atoms with E-state index >= 15 is 0 Å². The number of aromatic carboxylic acids is 2. The summed E-state index contributed by atoms with van der Waals surface area (Å²) in [7, 11) is 1.23. The highest BCUT2D eigenvalue weighted by Gasteiger charge is 2.23. The van der Waals surface area contributed by atoms with E-state index in [2.05, 4.69) is 37.1 Å². The molecule has 3 aromatic carbocycles. The summed E-state index contributed by atoms with van der Waals surface area (Å²) in [6.07, 6.45) is 7.93. The van der Waals surface area contributed by atoms with Gasteiger partial charge in [0, 0.05) is 38.7 Å². The Morgan fingerprint density at radius 2 is 1.10 bits per heavy atom. The maximum absolute atomic E-state index is 12.4. The number of carbonyl (C=O) groups is 7. The lowest BCUT2D eigenvalue weighted by Gasteiger charge is -2.19. The van der Waals surface area contributed by atoms with Crippen LogP contribution in [0.2, 0.25) is 0 Å². The maximum atomic E-state index is 12.4. The van der Waals surface area contributed by atoms with Gasteiger partial charge in [-0.05, 0) is 103 Å². The second-order valence-electron chi connectivity index (χ2n) is 15.3. The number of amides is 1. The van der Waals surface area contributed by atoms with Crippen molar-refractivity contribution in [2.45, 2.75) is 134 Å². The van der Waals surface area contributed by atoms with Gasteiger partial charge in [-0.1, -0.05) is 94.5 Å². The summed E-state index contributed by atoms with van der Waals surface area (Å²) in [4.78, 5) is 78.4. The fourth-order valence-electron chi connectivity index (χ4n) is 4.89. The number of rotatable bonds is 18. The van der Waals surface area contributed by atoms with E-state index in [0.717, 1.165) is 12.8 Å². The zero-order valence-corrected chi connectivity index (χ0v) is 41.0. The molecule has 2 unspecified atom stereocenters. The minimum absolute atomic E-state index is 0. The highest BCUT2D eigenvalue weighted by atomic mass is 35.5. The summed E-state index contributed by atoms with van der Waals surface area (Å²) < 4.78 is 24.6. The molecule has 17 heteroatoms. The van der Waals surface area contributed by atoms with Gasteiger partial charge in [-0.15, -0.1) is 13.2 Å². The van der Waals surface area contributed by atoms with Gasteiger partial charge in [0.05, 0.1) is 19.2 Å². The molecule has 0 aliphatic heterocycles. The first-order valence-electron chi connectivity index (χ1n) is 23.6. The van der Waals surface area contributed by atoms with Crippen LogP contribution in [0.3, 0.4) is 0 Å². The molecule has 0 saturated carbocycles. The van der Waals surface area contributed by atoms with Crippen molar-refractivity contribution in [1.82, 2.24) is 5.32 Å². The van der Waals surface area contributed by atoms with E-state index in [0.29, 0.717) is 48.4 Å². The van der Waals surface area contributed by atoms with Gasteiger partial charge in [0.25, 0.3) is 0 Å². The molecule has 3 rings (SSSR count). The Morgan fingerprint density at radius 3 is 1.45 bits per heavy atom. The molecule has 0 bridgehead atoms. The minimum Gasteiger partial charge on any atom is -0.507 e. The van der Waals surface area contributed by atoms with Crippen molar-refractivity contribution in [1.29, 1.82) is 0 Å². The van der Waals surface area contributed by atoms with Crippen LogP contribution in [-0.4, -0.2) is 85.4 Å². The van der Waals surface area contributed by atoms with Gasteiger partial charge in [0.2, 0.25) is 11.1 Å². The van der Waals surface area contributed by atoms with Gasteiger partial charge in [-0.3, -0.25) is 19.2 Å². The van der Waals surface area contributed by atoms with Gasteiger partial charge in [0.1, 0.15) is 33.9 Å². The number of hydrogen-bond donors (Lipinski definition) is 8. The molecule has 0 heterocycles. The van der Waals surface area contributed by atoms with E-state index in [1.54, 1.807) is 19.9 Å². The number of halogens is 1. The molecule has 0 fully saturated rings. The van der Waals surface area contributed by atoms with E-state index in [9.17, 15) is 43.8 Å². The molecule has 0 spiro atoms. The van der Waals surface area contributed by atoms with Crippen molar-refractivity contribution >= 4 is 57.9 Å². The standard InChI is InChI=1S/C17H23NO5.C15H21NO4.C7H7NO3.2C4H8.C3H5ClO.2CH4.3H2/c1-4-16(21)18-13(7-10(2)3)15(20)9-11-5-6-14(19)12(8-11)17(22)23;1-9(2)6-12(16)14(18)8-10-4-5-13(17)11(7-10)15(19)20-3;8-4-1-2-6(9)5(3-4)7(10)11;2*1-3-4-2;1-2-3(4)5;;;;;/h5-6,8,10,13,19H,4,7,9H2,1-3H3,(H,18,21)(H,22,23);4-5,7,9,12,17H,6,8,16H2,1-3H3;1-3,9H,8H2,(H,10,11);2*3H,1,4H2,2H3;2H2,1H3;2*1H4;3*1H/i;;;;;;;;1+2T;1+1D;1+1. The second kappa shape index (κ2) is 40.5. The number of nitrogen functional groups attached to an aromatic ring is 1. The predicted molar refractivity (Wildman–Crippen MR) is 282 cm³/mol. The lowest BCUT2D eigenvalue weighted by atomic mass is 9.95. The van der Waals surface area contributed by atoms with Crippen LogP contribution >= 0.6 is 11.6 Å². The summed E-state index contributed by atoms with van der Waals surface area (Å²) in [6.45, 7) is 22.4. The number of esters is 1. The van der Waals surface area contributed by atoms with Crippen molar-refractivity contribution in [3.05, 3.63) is 108 Å². The minimum atomic E-state index is -1.25. The fraction of sp³-hybridized carbons (Fsp3) is 0.442. The molecular weight excluding hydrogens is 910 g/mol. The van der Waals surface area contributed by atoms with Crippen molar-refractivity contribution in [2.75, 3.05) is 12.8 Å². The summed E-state index contributed by atoms with van der Waals surface area (Å²) >= 11 is 4.82. The quantitative estimate of drug-likeness (QED) is 0.0193. The number of ketones is 2. The second-order valence-corrected chi connectivity index (χ2v) is 15.7. The Balaban J connectivity index is -0.000000128. The fourth-order valence-corrected chi connectivity index (χ4v) is 4.89. The van der Waals surface area contributed by atoms with Crippen molar-refractivity contribution in [2.24, 2.45) is 17.6 Å². The molecule has 0 aliphatic rings. The average molecular weight is 1000 g/mol. The topological polar surface area (TPSA) is 294 Å². The van der Waals surface area contributed by atoms with E-state index in [1.165, 1.54) is 55.6 Å². The molecule has 0 radical (unpaired) electrons. The molecule has 0 aliphatic carbocycles. The number of ether oxygens (including phenoxy) is 1. The summed E-state index contributed by atoms with van der Waals surface area (Å²) in [6, 6.07) is 11.3. The largest absolute Gasteiger partial charge is 0.507 e. The number of carboxylic acids is 2. The van der Waals surface area contributed by atoms with Gasteiger partial charge < -0.3 is 47.1 Å². The Labute approximate surface area is 422 Å². The molecule has 16 nitrogen and oxygen atoms in total. The molecule has 10 N–H and O–H groups in total. The van der Waals surface area contributed by atoms with Crippen LogP contribution < -0.4 is 16.8 Å². The number of phenols is 3. The van der Waals surface area contributed by atoms with Crippen LogP contribution in [0.15, 0.2) is 79.9 Å². The number of hydrogen-bond acceptors (Lipinski definition) is 13. The zero-order chi connectivity index (χ0) is 56.4. The molecular formula is C52H86ClN3O13. The Hall–Kier alpha value is -6.52. The van der Waals surface area contributed by atoms with Crippen LogP contribution in [0, 0.1) is 11.8 Å². The number of aromatic hydroxyl groups is 3. The Bertz CT molecular complexity index is 2070. The third-order valence-electron chi connectivity index (χ3n) is 8.51. The molecule has 69 heavy (non-hydrogen) atoms. The smallest absolute Gasteiger partial charge is 0.341 e. The Kier molecular flexibility index (Phi) is 39.2. The number of Topliss-reactive ketones (excluding diaryl/α,β-unsaturated/α-hetero) is 2. The van der Waals surface area contributed by atoms with Crippen molar-refractivity contribution < 1.29 is 71.2 Å². The van der Waals surface area contributed by atoms with Gasteiger partial charge in [-0.25, -0.2) is 14.4 Å². The molecule has 2 atom stereocenters. The number of nitrogens with two attached hydrogens (primary N) is 2. The maximum Gasteiger partial charge on any atom is 0.341 e. The third kappa shape index (κ3) is 33.6. The van der Waals surface area contributed by atoms with Gasteiger partial charge in [-0.2, -0.15) is 0 Å². The lowest BCUT2D eigenvalue weighted by Crippen LogP contribution is -2.42. The summed E-state index contributed by atoms with van der Waals surface area (Å²) in [5, 5.41) is 48.0. The first-order valence-corrected chi connectivity index (χ1v) is 22.0. The highest BCUT2D eigenvalue weighted by Crippen LogP contribution is 2.22. The first-order chi connectivity index (χ1) is 33.3. The van der Waals surface area contributed by atoms with Crippen LogP contribution in [0.25, 0.3) is 0 Å². The summed E-state index contributed by atoms with van der Waals surface area (Å²) in [5.74, 6) is -3.73. The van der Waals surface area contributed by atoms with Gasteiger partial charge in [0.15, 0.2) is 11.6 Å². The number of carbonyl (C=O) groups excluding carboxylic acids is 5. The molecule has 3 aromatic rings. The summed E-state index contributed by atoms with van der Waals surface area (Å²) in [5.41, 5.74) is 12.2. The molecule has 0 aromatic heterocycles. The van der Waals surface area contributed by atoms with Gasteiger partial charge >= 0.3 is 17.9 Å². The number of benzene rings is 3. The number of nitrogens with one attached hydrogen (secondary N) is 1. The zero-order valence-electron chi connectivity index (χ0n) is 44.3. The highest BCUT2D eigenvalue weighted by molar-refractivity contribution is 6.63. The molecule has 1 amide bonds.